The molecule has 152 valence electrons. The van der Waals surface area contributed by atoms with E-state index in [2.05, 4.69) is 20.7 Å². The minimum Gasteiger partial charge on any atom is -0.361 e. The van der Waals surface area contributed by atoms with Crippen molar-refractivity contribution in [1.29, 1.82) is 0 Å². The highest BCUT2D eigenvalue weighted by Crippen LogP contribution is 2.46. The summed E-state index contributed by atoms with van der Waals surface area (Å²) in [5, 5.41) is 11.2. The SMILES string of the molecule is O=C(NCc1cccnc1)c1nn2c(c1Cl)N[C@H](c1cccs1)C[C@@H]2C(F)(F)F. The molecule has 0 unspecified atom stereocenters. The van der Waals surface area contributed by atoms with Gasteiger partial charge < -0.3 is 10.6 Å². The predicted molar refractivity (Wildman–Crippen MR) is 103 cm³/mol. The Morgan fingerprint density at radius 2 is 2.21 bits per heavy atom. The molecule has 0 radical (unpaired) electrons. The first-order valence-electron chi connectivity index (χ1n) is 8.66. The van der Waals surface area contributed by atoms with Crippen molar-refractivity contribution in [3.05, 3.63) is 63.2 Å². The molecule has 0 saturated carbocycles. The number of anilines is 1. The van der Waals surface area contributed by atoms with Crippen LogP contribution in [0.4, 0.5) is 19.0 Å². The highest BCUT2D eigenvalue weighted by Gasteiger charge is 2.48. The lowest BCUT2D eigenvalue weighted by Crippen LogP contribution is -2.35. The summed E-state index contributed by atoms with van der Waals surface area (Å²) >= 11 is 7.63. The molecule has 2 N–H and O–H groups in total. The normalized spacial score (nSPS) is 18.8. The molecule has 0 aliphatic carbocycles. The van der Waals surface area contributed by atoms with Crippen molar-refractivity contribution >= 4 is 34.7 Å². The summed E-state index contributed by atoms with van der Waals surface area (Å²) in [6.45, 7) is 0.152. The number of hydrogen-bond acceptors (Lipinski definition) is 5. The Hall–Kier alpha value is -2.59. The van der Waals surface area contributed by atoms with Crippen LogP contribution in [0.2, 0.25) is 5.02 Å². The summed E-state index contributed by atoms with van der Waals surface area (Å²) in [5.74, 6) is -0.665. The van der Waals surface area contributed by atoms with Crippen molar-refractivity contribution < 1.29 is 18.0 Å². The third-order valence-electron chi connectivity index (χ3n) is 4.57. The van der Waals surface area contributed by atoms with Gasteiger partial charge in [-0.3, -0.25) is 9.78 Å². The molecular formula is C18H15ClF3N5OS. The van der Waals surface area contributed by atoms with Crippen LogP contribution in [0.25, 0.3) is 0 Å². The van der Waals surface area contributed by atoms with Crippen LogP contribution in [-0.2, 0) is 6.54 Å². The molecule has 0 saturated heterocycles. The van der Waals surface area contributed by atoms with Crippen LogP contribution in [-0.4, -0.2) is 26.8 Å². The zero-order chi connectivity index (χ0) is 20.6. The summed E-state index contributed by atoms with van der Waals surface area (Å²) in [7, 11) is 0. The topological polar surface area (TPSA) is 71.8 Å². The van der Waals surface area contributed by atoms with Gasteiger partial charge in [-0.2, -0.15) is 18.3 Å². The van der Waals surface area contributed by atoms with Gasteiger partial charge in [0, 0.05) is 30.2 Å². The smallest absolute Gasteiger partial charge is 0.361 e. The number of halogens is 4. The predicted octanol–water partition coefficient (Wildman–Crippen LogP) is 4.58. The van der Waals surface area contributed by atoms with Crippen LogP contribution in [0.15, 0.2) is 42.0 Å². The van der Waals surface area contributed by atoms with Crippen molar-refractivity contribution in [3.63, 3.8) is 0 Å². The minimum atomic E-state index is -4.54. The molecular weight excluding hydrogens is 427 g/mol. The Labute approximate surface area is 172 Å². The number of pyridine rings is 1. The number of alkyl halides is 3. The van der Waals surface area contributed by atoms with Crippen LogP contribution >= 0.6 is 22.9 Å². The minimum absolute atomic E-state index is 0.00910. The number of fused-ring (bicyclic) bond motifs is 1. The third kappa shape index (κ3) is 3.95. The van der Waals surface area contributed by atoms with Crippen LogP contribution in [0.1, 0.15) is 39.4 Å². The first-order valence-corrected chi connectivity index (χ1v) is 9.92. The second-order valence-electron chi connectivity index (χ2n) is 6.51. The van der Waals surface area contributed by atoms with E-state index in [1.54, 1.807) is 42.0 Å². The van der Waals surface area contributed by atoms with Gasteiger partial charge in [0.25, 0.3) is 5.91 Å². The van der Waals surface area contributed by atoms with Gasteiger partial charge in [0.2, 0.25) is 0 Å². The number of carbonyl (C=O) groups is 1. The standard InChI is InChI=1S/C18H15ClF3N5OS/c19-14-15(17(28)24-9-10-3-1-5-23-8-10)26-27-13(18(20,21)22)7-11(25-16(14)27)12-4-2-6-29-12/h1-6,8,11,13,25H,7,9H2,(H,24,28)/t11-,13+/m0/s1. The van der Waals surface area contributed by atoms with Crippen molar-refractivity contribution in [1.82, 2.24) is 20.1 Å². The van der Waals surface area contributed by atoms with Crippen LogP contribution in [0.3, 0.4) is 0 Å². The molecule has 3 aromatic rings. The van der Waals surface area contributed by atoms with E-state index in [-0.39, 0.29) is 29.5 Å². The Morgan fingerprint density at radius 1 is 1.38 bits per heavy atom. The largest absolute Gasteiger partial charge is 0.410 e. The fraction of sp³-hybridized carbons (Fsp3) is 0.278. The van der Waals surface area contributed by atoms with E-state index in [1.165, 1.54) is 11.3 Å². The molecule has 1 aliphatic heterocycles. The molecule has 0 spiro atoms. The van der Waals surface area contributed by atoms with E-state index in [4.69, 9.17) is 11.6 Å². The summed E-state index contributed by atoms with van der Waals surface area (Å²) in [6, 6.07) is 4.55. The number of thiophene rings is 1. The molecule has 1 amide bonds. The monoisotopic (exact) mass is 441 g/mol. The molecule has 6 nitrogen and oxygen atoms in total. The number of nitrogens with zero attached hydrogens (tertiary/aromatic N) is 3. The van der Waals surface area contributed by atoms with Crippen LogP contribution in [0, 0.1) is 0 Å². The molecule has 3 aromatic heterocycles. The van der Waals surface area contributed by atoms with E-state index in [0.717, 1.165) is 15.1 Å². The van der Waals surface area contributed by atoms with Crippen molar-refractivity contribution in [2.45, 2.75) is 31.2 Å². The van der Waals surface area contributed by atoms with Gasteiger partial charge in [0.15, 0.2) is 11.7 Å². The van der Waals surface area contributed by atoms with Gasteiger partial charge in [-0.25, -0.2) is 4.68 Å². The molecule has 1 aliphatic rings. The highest BCUT2D eigenvalue weighted by atomic mass is 35.5. The maximum atomic E-state index is 13.7. The van der Waals surface area contributed by atoms with Gasteiger partial charge in [-0.05, 0) is 23.1 Å². The van der Waals surface area contributed by atoms with Crippen LogP contribution < -0.4 is 10.6 Å². The summed E-state index contributed by atoms with van der Waals surface area (Å²) < 4.78 is 41.9. The quantitative estimate of drug-likeness (QED) is 0.621. The maximum Gasteiger partial charge on any atom is 0.410 e. The van der Waals surface area contributed by atoms with Gasteiger partial charge in [-0.1, -0.05) is 23.7 Å². The van der Waals surface area contributed by atoms with Crippen molar-refractivity contribution in [3.8, 4) is 0 Å². The summed E-state index contributed by atoms with van der Waals surface area (Å²) in [5.41, 5.74) is 0.490. The Morgan fingerprint density at radius 3 is 2.86 bits per heavy atom. The molecule has 2 atom stereocenters. The molecule has 0 aromatic carbocycles. The highest BCUT2D eigenvalue weighted by molar-refractivity contribution is 7.10. The van der Waals surface area contributed by atoms with Crippen molar-refractivity contribution in [2.75, 3.05) is 5.32 Å². The van der Waals surface area contributed by atoms with Gasteiger partial charge in [0.1, 0.15) is 10.8 Å². The van der Waals surface area contributed by atoms with Crippen LogP contribution in [0.5, 0.6) is 0 Å². The molecule has 29 heavy (non-hydrogen) atoms. The zero-order valence-corrected chi connectivity index (χ0v) is 16.4. The van der Waals surface area contributed by atoms with E-state index in [0.29, 0.717) is 0 Å². The van der Waals surface area contributed by atoms with E-state index in [1.807, 2.05) is 0 Å². The van der Waals surface area contributed by atoms with E-state index < -0.39 is 24.2 Å². The maximum absolute atomic E-state index is 13.7. The Kier molecular flexibility index (Phi) is 5.22. The van der Waals surface area contributed by atoms with Gasteiger partial charge in [0.05, 0.1) is 6.04 Å². The number of hydrogen-bond donors (Lipinski definition) is 2. The number of carbonyl (C=O) groups excluding carboxylic acids is 1. The lowest BCUT2D eigenvalue weighted by atomic mass is 10.0. The lowest BCUT2D eigenvalue weighted by Gasteiger charge is -2.32. The third-order valence-corrected chi connectivity index (χ3v) is 5.92. The number of rotatable bonds is 4. The van der Waals surface area contributed by atoms with Crippen molar-refractivity contribution in [2.24, 2.45) is 0 Å². The lowest BCUT2D eigenvalue weighted by molar-refractivity contribution is -0.173. The zero-order valence-electron chi connectivity index (χ0n) is 14.8. The number of aromatic nitrogens is 3. The number of nitrogens with one attached hydrogen (secondary N) is 2. The molecule has 11 heteroatoms. The van der Waals surface area contributed by atoms with E-state index >= 15 is 0 Å². The number of amides is 1. The second kappa shape index (κ2) is 7.68. The Bertz CT molecular complexity index is 1010. The fourth-order valence-electron chi connectivity index (χ4n) is 3.18. The fourth-order valence-corrected chi connectivity index (χ4v) is 4.23. The summed E-state index contributed by atoms with van der Waals surface area (Å²) in [4.78, 5) is 17.2. The first-order chi connectivity index (χ1) is 13.8. The summed E-state index contributed by atoms with van der Waals surface area (Å²) in [6.07, 6.45) is -1.61. The Balaban J connectivity index is 1.63. The average molecular weight is 442 g/mol. The molecule has 0 fully saturated rings. The van der Waals surface area contributed by atoms with E-state index in [9.17, 15) is 18.0 Å². The van der Waals surface area contributed by atoms with Gasteiger partial charge in [-0.15, -0.1) is 11.3 Å². The second-order valence-corrected chi connectivity index (χ2v) is 7.86. The first kappa shape index (κ1) is 19.7. The average Bonchev–Trinajstić information content (AvgIpc) is 3.34. The molecule has 4 heterocycles. The molecule has 0 bridgehead atoms. The molecule has 4 rings (SSSR count). The van der Waals surface area contributed by atoms with Gasteiger partial charge >= 0.3 is 6.18 Å².